The van der Waals surface area contributed by atoms with Crippen LogP contribution in [0.5, 0.6) is 5.75 Å². The quantitative estimate of drug-likeness (QED) is 0.0518. The molecule has 2 fully saturated rings. The number of anilines is 1. The number of hydrogen-bond donors (Lipinski definition) is 2. The van der Waals surface area contributed by atoms with Crippen LogP contribution < -0.4 is 10.5 Å². The van der Waals surface area contributed by atoms with Crippen LogP contribution in [0.3, 0.4) is 0 Å². The smallest absolute Gasteiger partial charge is 0.472 e. The fourth-order valence-corrected chi connectivity index (χ4v) is 8.48. The van der Waals surface area contributed by atoms with Gasteiger partial charge in [0, 0.05) is 6.61 Å². The maximum Gasteiger partial charge on any atom is 0.472 e. The molecule has 4 heterocycles. The van der Waals surface area contributed by atoms with E-state index >= 15 is 0 Å². The zero-order valence-corrected chi connectivity index (χ0v) is 35.9. The lowest BCUT2D eigenvalue weighted by Gasteiger charge is -2.29. The number of hydrogen-bond acceptors (Lipinski definition) is 13. The predicted octanol–water partition coefficient (Wildman–Crippen LogP) is 8.90. The molecule has 16 heteroatoms. The van der Waals surface area contributed by atoms with Gasteiger partial charge in [0.05, 0.1) is 30.5 Å². The topological polar surface area (TPSA) is 206 Å². The standard InChI is InChI=1S/C43H63N6O9P/c1-4-5-6-7-8-9-10-11-12-13-14-15-16-17-18-19-25-52-28-35(55-34-22-20-21-33(26-34)27-44)29-53-59(50,51)54-31-43(30-45)40-39(56-42(2,3)58-40)38(57-43)36-23-24-37-41(46)47-32-48-49(36)37/h20-24,26,32,35,38-40H,4-19,25,28-29,31H2,1-3H3,(H,50,51)(H2,46,47,48)/t35-,38+,39+,40+,43-/m1/s1. The molecule has 3 N–H and O–H groups in total. The lowest BCUT2D eigenvalue weighted by molar-refractivity contribution is -0.204. The van der Waals surface area contributed by atoms with Crippen molar-refractivity contribution in [2.75, 3.05) is 32.2 Å². The van der Waals surface area contributed by atoms with Gasteiger partial charge in [0.15, 0.2) is 11.6 Å². The minimum atomic E-state index is -4.80. The molecule has 5 rings (SSSR count). The number of fused-ring (bicyclic) bond motifs is 2. The minimum absolute atomic E-state index is 0.0613. The molecule has 1 aromatic carbocycles. The summed E-state index contributed by atoms with van der Waals surface area (Å²) in [6.45, 7) is 5.16. The number of unbranched alkanes of at least 4 members (excludes halogenated alkanes) is 15. The Morgan fingerprint density at radius 2 is 1.56 bits per heavy atom. The molecule has 0 saturated carbocycles. The minimum Gasteiger partial charge on any atom is -0.486 e. The van der Waals surface area contributed by atoms with Gasteiger partial charge in [-0.1, -0.05) is 109 Å². The van der Waals surface area contributed by atoms with Crippen LogP contribution >= 0.6 is 7.82 Å². The highest BCUT2D eigenvalue weighted by atomic mass is 31.2. The normalized spacial score (nSPS) is 22.4. The summed E-state index contributed by atoms with van der Waals surface area (Å²) >= 11 is 0. The van der Waals surface area contributed by atoms with Gasteiger partial charge < -0.3 is 34.3 Å². The van der Waals surface area contributed by atoms with Gasteiger partial charge in [-0.05, 0) is 50.6 Å². The molecule has 3 aromatic rings. The second-order valence-electron chi connectivity index (χ2n) is 16.1. The Bertz CT molecular complexity index is 1880. The summed E-state index contributed by atoms with van der Waals surface area (Å²) in [5.74, 6) is -0.466. The molecule has 59 heavy (non-hydrogen) atoms. The van der Waals surface area contributed by atoms with Crippen molar-refractivity contribution in [3.05, 3.63) is 54.0 Å². The summed E-state index contributed by atoms with van der Waals surface area (Å²) < 4.78 is 56.4. The second-order valence-corrected chi connectivity index (χ2v) is 17.5. The Balaban J connectivity index is 1.07. The molecule has 15 nitrogen and oxygen atoms in total. The number of phosphoric acid groups is 1. The predicted molar refractivity (Wildman–Crippen MR) is 221 cm³/mol. The average molecular weight is 839 g/mol. The van der Waals surface area contributed by atoms with Crippen LogP contribution in [0.4, 0.5) is 5.82 Å². The fraction of sp³-hybridized carbons (Fsp3) is 0.674. The van der Waals surface area contributed by atoms with E-state index in [0.717, 1.165) is 19.3 Å². The first-order valence-electron chi connectivity index (χ1n) is 21.4. The first kappa shape index (κ1) is 46.4. The summed E-state index contributed by atoms with van der Waals surface area (Å²) in [6, 6.07) is 14.2. The van der Waals surface area contributed by atoms with Gasteiger partial charge in [-0.25, -0.2) is 14.1 Å². The average Bonchev–Trinajstić information content (AvgIpc) is 3.89. The van der Waals surface area contributed by atoms with Crippen LogP contribution in [0.1, 0.15) is 141 Å². The second kappa shape index (κ2) is 22.8. The first-order chi connectivity index (χ1) is 28.5. The van der Waals surface area contributed by atoms with E-state index in [4.69, 9.17) is 38.5 Å². The molecule has 2 aromatic heterocycles. The van der Waals surface area contributed by atoms with E-state index in [1.807, 2.05) is 0 Å². The number of nitriles is 2. The van der Waals surface area contributed by atoms with Gasteiger partial charge in [-0.3, -0.25) is 9.05 Å². The highest BCUT2D eigenvalue weighted by Gasteiger charge is 2.65. The number of nitrogen functional groups attached to an aromatic ring is 1. The van der Waals surface area contributed by atoms with Crippen molar-refractivity contribution in [1.29, 1.82) is 10.5 Å². The van der Waals surface area contributed by atoms with Crippen molar-refractivity contribution < 1.29 is 42.2 Å². The molecule has 2 aliphatic rings. The highest BCUT2D eigenvalue weighted by molar-refractivity contribution is 7.47. The molecule has 6 atom stereocenters. The van der Waals surface area contributed by atoms with Crippen molar-refractivity contribution >= 4 is 19.2 Å². The highest BCUT2D eigenvalue weighted by Crippen LogP contribution is 2.52. The molecular formula is C43H63N6O9P. The monoisotopic (exact) mass is 838 g/mol. The molecule has 0 spiro atoms. The van der Waals surface area contributed by atoms with Crippen LogP contribution in [0.25, 0.3) is 5.52 Å². The lowest BCUT2D eigenvalue weighted by atomic mass is 9.96. The number of ether oxygens (including phenoxy) is 5. The van der Waals surface area contributed by atoms with E-state index < -0.39 is 50.2 Å². The molecule has 0 amide bonds. The molecular weight excluding hydrogens is 775 g/mol. The summed E-state index contributed by atoms with van der Waals surface area (Å²) in [5, 5.41) is 24.2. The van der Waals surface area contributed by atoms with Gasteiger partial charge in [0.25, 0.3) is 0 Å². The van der Waals surface area contributed by atoms with E-state index in [0.29, 0.717) is 29.1 Å². The number of nitrogens with zero attached hydrogens (tertiary/aromatic N) is 5. The Morgan fingerprint density at radius 1 is 0.898 bits per heavy atom. The molecule has 0 radical (unpaired) electrons. The van der Waals surface area contributed by atoms with Gasteiger partial charge >= 0.3 is 7.82 Å². The Morgan fingerprint density at radius 3 is 2.20 bits per heavy atom. The lowest BCUT2D eigenvalue weighted by Crippen LogP contribution is -2.45. The molecule has 0 bridgehead atoms. The van der Waals surface area contributed by atoms with Crippen molar-refractivity contribution in [1.82, 2.24) is 14.6 Å². The van der Waals surface area contributed by atoms with Gasteiger partial charge in [-0.15, -0.1) is 0 Å². The number of benzene rings is 1. The Labute approximate surface area is 349 Å². The van der Waals surface area contributed by atoms with Crippen molar-refractivity contribution in [2.24, 2.45) is 0 Å². The summed E-state index contributed by atoms with van der Waals surface area (Å²) in [4.78, 5) is 14.9. The molecule has 324 valence electrons. The third kappa shape index (κ3) is 13.7. The van der Waals surface area contributed by atoms with Gasteiger partial charge in [0.1, 0.15) is 54.7 Å². The Hall–Kier alpha value is -3.63. The molecule has 2 saturated heterocycles. The van der Waals surface area contributed by atoms with Crippen molar-refractivity contribution in [2.45, 2.75) is 159 Å². The first-order valence-corrected chi connectivity index (χ1v) is 22.9. The zero-order valence-electron chi connectivity index (χ0n) is 35.0. The van der Waals surface area contributed by atoms with Crippen LogP contribution in [0, 0.1) is 22.7 Å². The van der Waals surface area contributed by atoms with E-state index in [1.165, 1.54) is 89.8 Å². The summed E-state index contributed by atoms with van der Waals surface area (Å²) in [6.07, 6.45) is 18.2. The molecule has 1 unspecified atom stereocenters. The Kier molecular flexibility index (Phi) is 18.0. The van der Waals surface area contributed by atoms with Crippen LogP contribution in [0.2, 0.25) is 0 Å². The van der Waals surface area contributed by atoms with E-state index in [9.17, 15) is 20.0 Å². The number of aromatic nitrogens is 3. The van der Waals surface area contributed by atoms with E-state index in [2.05, 4.69) is 29.1 Å². The van der Waals surface area contributed by atoms with Crippen LogP contribution in [0.15, 0.2) is 42.7 Å². The summed E-state index contributed by atoms with van der Waals surface area (Å²) in [5.41, 5.74) is 5.63. The number of phosphoric ester groups is 1. The van der Waals surface area contributed by atoms with Gasteiger partial charge in [-0.2, -0.15) is 15.6 Å². The third-order valence-electron chi connectivity index (χ3n) is 10.8. The molecule has 2 aliphatic heterocycles. The largest absolute Gasteiger partial charge is 0.486 e. The van der Waals surface area contributed by atoms with Crippen molar-refractivity contribution in [3.63, 3.8) is 0 Å². The number of rotatable bonds is 28. The van der Waals surface area contributed by atoms with Gasteiger partial charge in [0.2, 0.25) is 5.60 Å². The van der Waals surface area contributed by atoms with E-state index in [1.54, 1.807) is 54.8 Å². The van der Waals surface area contributed by atoms with E-state index in [-0.39, 0.29) is 19.0 Å². The van der Waals surface area contributed by atoms with Crippen LogP contribution in [-0.4, -0.2) is 75.6 Å². The van der Waals surface area contributed by atoms with Crippen molar-refractivity contribution in [3.8, 4) is 17.9 Å². The SMILES string of the molecule is CCCCCCCCCCCCCCCCCCOC[C@H](COP(=O)(O)OC[C@@]1(C#N)O[C@@H](c2ccc3c(N)ncnn23)[C@@H]2OC(C)(C)O[C@@H]21)Oc1cccc(C#N)c1. The van der Waals surface area contributed by atoms with Crippen LogP contribution in [-0.2, 0) is 32.6 Å². The maximum atomic E-state index is 13.4. The molecule has 0 aliphatic carbocycles. The fourth-order valence-electron chi connectivity index (χ4n) is 7.69. The zero-order chi connectivity index (χ0) is 42.1. The third-order valence-corrected chi connectivity index (χ3v) is 11.7. The number of nitrogens with two attached hydrogens (primary N) is 1. The summed E-state index contributed by atoms with van der Waals surface area (Å²) in [7, 11) is -4.80. The maximum absolute atomic E-state index is 13.4.